The molecule has 0 aliphatic carbocycles. The lowest BCUT2D eigenvalue weighted by molar-refractivity contribution is -0.144. The second-order valence-corrected chi connectivity index (χ2v) is 5.13. The fourth-order valence-corrected chi connectivity index (χ4v) is 1.64. The summed E-state index contributed by atoms with van der Waals surface area (Å²) in [6.07, 6.45) is 1.66. The van der Waals surface area contributed by atoms with Crippen LogP contribution in [0.25, 0.3) is 0 Å². The Labute approximate surface area is 110 Å². The van der Waals surface area contributed by atoms with Crippen molar-refractivity contribution in [2.24, 2.45) is 5.92 Å². The first-order chi connectivity index (χ1) is 8.29. The number of nitrogens with zero attached hydrogens (tertiary/aromatic N) is 1. The van der Waals surface area contributed by atoms with Crippen molar-refractivity contribution in [2.45, 2.75) is 52.5 Å². The van der Waals surface area contributed by atoms with Gasteiger partial charge in [0.25, 0.3) is 0 Å². The van der Waals surface area contributed by atoms with Gasteiger partial charge in [0.1, 0.15) is 5.54 Å². The smallest absolute Gasteiger partial charge is 0.329 e. The van der Waals surface area contributed by atoms with Gasteiger partial charge < -0.3 is 15.3 Å². The van der Waals surface area contributed by atoms with E-state index < -0.39 is 11.5 Å². The van der Waals surface area contributed by atoms with E-state index in [-0.39, 0.29) is 6.03 Å². The number of carbonyl (C=O) groups excluding carboxylic acids is 1. The van der Waals surface area contributed by atoms with Crippen molar-refractivity contribution in [3.05, 3.63) is 0 Å². The highest BCUT2D eigenvalue weighted by Crippen LogP contribution is 2.16. The molecule has 0 aliphatic rings. The van der Waals surface area contributed by atoms with Crippen molar-refractivity contribution < 1.29 is 14.7 Å². The first kappa shape index (κ1) is 16.7. The summed E-state index contributed by atoms with van der Waals surface area (Å²) in [7, 11) is 1.69. The molecule has 2 N–H and O–H groups in total. The molecule has 106 valence electrons. The van der Waals surface area contributed by atoms with E-state index in [1.165, 1.54) is 0 Å². The Kier molecular flexibility index (Phi) is 6.73. The van der Waals surface area contributed by atoms with E-state index in [2.05, 4.69) is 19.2 Å². The van der Waals surface area contributed by atoms with Gasteiger partial charge in [0, 0.05) is 13.6 Å². The maximum Gasteiger partial charge on any atom is 0.329 e. The summed E-state index contributed by atoms with van der Waals surface area (Å²) in [5.74, 6) is -0.458. The predicted molar refractivity (Wildman–Crippen MR) is 71.6 cm³/mol. The number of carboxylic acid groups (broad SMARTS) is 1. The summed E-state index contributed by atoms with van der Waals surface area (Å²) in [5, 5.41) is 11.9. The minimum absolute atomic E-state index is 0.318. The van der Waals surface area contributed by atoms with Gasteiger partial charge in [-0.1, -0.05) is 27.7 Å². The topological polar surface area (TPSA) is 69.6 Å². The van der Waals surface area contributed by atoms with E-state index in [1.54, 1.807) is 25.8 Å². The second kappa shape index (κ2) is 7.24. The zero-order valence-electron chi connectivity index (χ0n) is 12.1. The first-order valence-corrected chi connectivity index (χ1v) is 6.55. The van der Waals surface area contributed by atoms with E-state index in [1.807, 2.05) is 0 Å². The standard InChI is InChI=1S/C13H26N2O3/c1-6-13(7-2,11(16)17)14-12(18)15(5)9-8-10(3)4/h10H,6-9H2,1-5H3,(H,14,18)(H,16,17). The zero-order valence-corrected chi connectivity index (χ0v) is 12.1. The fraction of sp³-hybridized carbons (Fsp3) is 0.846. The number of aliphatic carboxylic acids is 1. The Balaban J connectivity index is 4.56. The molecule has 0 radical (unpaired) electrons. The molecule has 0 saturated carbocycles. The molecule has 0 fully saturated rings. The minimum atomic E-state index is -1.15. The van der Waals surface area contributed by atoms with Crippen LogP contribution in [0.4, 0.5) is 4.79 Å². The van der Waals surface area contributed by atoms with Gasteiger partial charge in [0.05, 0.1) is 0 Å². The molecule has 0 saturated heterocycles. The van der Waals surface area contributed by atoms with Gasteiger partial charge in [-0.2, -0.15) is 0 Å². The van der Waals surface area contributed by atoms with Crippen LogP contribution < -0.4 is 5.32 Å². The first-order valence-electron chi connectivity index (χ1n) is 6.55. The Hall–Kier alpha value is -1.26. The van der Waals surface area contributed by atoms with Gasteiger partial charge in [-0.05, 0) is 25.2 Å². The van der Waals surface area contributed by atoms with Gasteiger partial charge in [-0.25, -0.2) is 9.59 Å². The predicted octanol–water partition coefficient (Wildman–Crippen LogP) is 2.32. The summed E-state index contributed by atoms with van der Waals surface area (Å²) in [4.78, 5) is 24.8. The van der Waals surface area contributed by atoms with Crippen molar-refractivity contribution in [1.82, 2.24) is 10.2 Å². The molecule has 18 heavy (non-hydrogen) atoms. The fourth-order valence-electron chi connectivity index (χ4n) is 1.64. The van der Waals surface area contributed by atoms with Gasteiger partial charge in [-0.15, -0.1) is 0 Å². The number of urea groups is 1. The molecule has 0 unspecified atom stereocenters. The highest BCUT2D eigenvalue weighted by Gasteiger charge is 2.37. The largest absolute Gasteiger partial charge is 0.480 e. The number of nitrogens with one attached hydrogen (secondary N) is 1. The normalized spacial score (nSPS) is 11.4. The number of hydrogen-bond acceptors (Lipinski definition) is 2. The highest BCUT2D eigenvalue weighted by atomic mass is 16.4. The van der Waals surface area contributed by atoms with Gasteiger partial charge in [0.15, 0.2) is 0 Å². The van der Waals surface area contributed by atoms with Crippen molar-refractivity contribution in [3.8, 4) is 0 Å². The molecule has 0 aliphatic heterocycles. The van der Waals surface area contributed by atoms with Crippen LogP contribution in [-0.4, -0.2) is 41.1 Å². The van der Waals surface area contributed by atoms with Crippen molar-refractivity contribution in [1.29, 1.82) is 0 Å². The summed E-state index contributed by atoms with van der Waals surface area (Å²) in [5.41, 5.74) is -1.15. The summed E-state index contributed by atoms with van der Waals surface area (Å²) in [6, 6.07) is -0.318. The molecule has 0 aromatic heterocycles. The van der Waals surface area contributed by atoms with E-state index in [0.717, 1.165) is 6.42 Å². The Morgan fingerprint density at radius 1 is 1.28 bits per heavy atom. The molecular weight excluding hydrogens is 232 g/mol. The molecule has 0 spiro atoms. The monoisotopic (exact) mass is 258 g/mol. The quantitative estimate of drug-likeness (QED) is 0.736. The van der Waals surface area contributed by atoms with Crippen molar-refractivity contribution >= 4 is 12.0 Å². The molecule has 0 atom stereocenters. The average molecular weight is 258 g/mol. The van der Waals surface area contributed by atoms with Crippen LogP contribution in [0.5, 0.6) is 0 Å². The van der Waals surface area contributed by atoms with Crippen molar-refractivity contribution in [3.63, 3.8) is 0 Å². The molecule has 5 heteroatoms. The number of amides is 2. The average Bonchev–Trinajstić information content (AvgIpc) is 2.32. The van der Waals surface area contributed by atoms with Crippen LogP contribution in [0, 0.1) is 5.92 Å². The molecule has 0 aromatic rings. The lowest BCUT2D eigenvalue weighted by Crippen LogP contribution is -2.56. The molecule has 2 amide bonds. The van der Waals surface area contributed by atoms with Crippen LogP contribution >= 0.6 is 0 Å². The van der Waals surface area contributed by atoms with E-state index in [9.17, 15) is 14.7 Å². The molecule has 5 nitrogen and oxygen atoms in total. The summed E-state index contributed by atoms with van der Waals surface area (Å²) in [6.45, 7) is 8.35. The van der Waals surface area contributed by atoms with Crippen LogP contribution in [0.3, 0.4) is 0 Å². The Morgan fingerprint density at radius 2 is 1.78 bits per heavy atom. The lowest BCUT2D eigenvalue weighted by atomic mass is 9.93. The lowest BCUT2D eigenvalue weighted by Gasteiger charge is -2.30. The number of hydrogen-bond donors (Lipinski definition) is 2. The van der Waals surface area contributed by atoms with E-state index >= 15 is 0 Å². The third kappa shape index (κ3) is 4.55. The number of carbonyl (C=O) groups is 2. The minimum Gasteiger partial charge on any atom is -0.480 e. The summed E-state index contributed by atoms with van der Waals surface area (Å²) < 4.78 is 0. The third-order valence-corrected chi connectivity index (χ3v) is 3.35. The maximum absolute atomic E-state index is 11.9. The number of rotatable bonds is 7. The van der Waals surface area contributed by atoms with Gasteiger partial charge >= 0.3 is 12.0 Å². The molecular formula is C13H26N2O3. The molecule has 0 aromatic carbocycles. The van der Waals surface area contributed by atoms with Gasteiger partial charge in [-0.3, -0.25) is 0 Å². The van der Waals surface area contributed by atoms with Gasteiger partial charge in [0.2, 0.25) is 0 Å². The van der Waals surface area contributed by atoms with E-state index in [0.29, 0.717) is 25.3 Å². The molecule has 0 rings (SSSR count). The maximum atomic E-state index is 11.9. The second-order valence-electron chi connectivity index (χ2n) is 5.13. The number of carboxylic acids is 1. The van der Waals surface area contributed by atoms with Crippen LogP contribution in [0.15, 0.2) is 0 Å². The Morgan fingerprint density at radius 3 is 2.11 bits per heavy atom. The molecule has 0 heterocycles. The Bertz CT molecular complexity index is 286. The summed E-state index contributed by atoms with van der Waals surface area (Å²) >= 11 is 0. The van der Waals surface area contributed by atoms with Crippen LogP contribution in [0.2, 0.25) is 0 Å². The van der Waals surface area contributed by atoms with Crippen molar-refractivity contribution in [2.75, 3.05) is 13.6 Å². The third-order valence-electron chi connectivity index (χ3n) is 3.35. The SMILES string of the molecule is CCC(CC)(NC(=O)N(C)CCC(C)C)C(=O)O. The zero-order chi connectivity index (χ0) is 14.3. The van der Waals surface area contributed by atoms with Crippen LogP contribution in [0.1, 0.15) is 47.0 Å². The molecule has 0 bridgehead atoms. The highest BCUT2D eigenvalue weighted by molar-refractivity contribution is 5.86. The van der Waals surface area contributed by atoms with Crippen LogP contribution in [-0.2, 0) is 4.79 Å². The van der Waals surface area contributed by atoms with E-state index in [4.69, 9.17) is 0 Å².